The Hall–Kier alpha value is -0.570. The minimum atomic E-state index is -0.510. The molecule has 0 spiro atoms. The predicted octanol–water partition coefficient (Wildman–Crippen LogP) is 2.71. The summed E-state index contributed by atoms with van der Waals surface area (Å²) in [6.07, 6.45) is 0.952. The fourth-order valence-electron chi connectivity index (χ4n) is 2.36. The van der Waals surface area contributed by atoms with Gasteiger partial charge in [0, 0.05) is 5.54 Å². The Balaban J connectivity index is 4.57. The number of rotatable bonds is 5. The van der Waals surface area contributed by atoms with E-state index in [0.29, 0.717) is 0 Å². The highest BCUT2D eigenvalue weighted by atomic mass is 16.2. The molecule has 0 aliphatic carbocycles. The second-order valence-corrected chi connectivity index (χ2v) is 7.23. The van der Waals surface area contributed by atoms with Gasteiger partial charge in [0.1, 0.15) is 0 Å². The van der Waals surface area contributed by atoms with E-state index in [2.05, 4.69) is 45.3 Å². The molecule has 1 amide bonds. The molecule has 3 heteroatoms. The maximum Gasteiger partial charge on any atom is 0.240 e. The van der Waals surface area contributed by atoms with E-state index in [1.165, 1.54) is 0 Å². The molecule has 0 aromatic carbocycles. The SMILES string of the molecule is CCNC(C)(C)C(=O)NC(C)(C)CC(C)(C)C. The largest absolute Gasteiger partial charge is 0.350 e. The molecule has 3 nitrogen and oxygen atoms in total. The van der Waals surface area contributed by atoms with Crippen molar-refractivity contribution in [3.05, 3.63) is 0 Å². The van der Waals surface area contributed by atoms with Gasteiger partial charge in [-0.05, 0) is 46.1 Å². The monoisotopic (exact) mass is 242 g/mol. The minimum absolute atomic E-state index is 0.0635. The average Bonchev–Trinajstić information content (AvgIpc) is 1.97. The second-order valence-electron chi connectivity index (χ2n) is 7.23. The van der Waals surface area contributed by atoms with Crippen molar-refractivity contribution in [2.75, 3.05) is 6.54 Å². The molecular formula is C14H30N2O. The molecule has 0 bridgehead atoms. The van der Waals surface area contributed by atoms with E-state index in [1.54, 1.807) is 0 Å². The first kappa shape index (κ1) is 16.4. The summed E-state index contributed by atoms with van der Waals surface area (Å²) < 4.78 is 0. The molecule has 0 aromatic heterocycles. The predicted molar refractivity (Wildman–Crippen MR) is 74.0 cm³/mol. The molecule has 0 unspecified atom stereocenters. The smallest absolute Gasteiger partial charge is 0.240 e. The van der Waals surface area contributed by atoms with Crippen molar-refractivity contribution in [3.63, 3.8) is 0 Å². The second kappa shape index (κ2) is 5.38. The lowest BCUT2D eigenvalue weighted by Gasteiger charge is -2.36. The first-order valence-electron chi connectivity index (χ1n) is 6.47. The summed E-state index contributed by atoms with van der Waals surface area (Å²) in [6.45, 7) is 17.4. The van der Waals surface area contributed by atoms with Gasteiger partial charge in [0.15, 0.2) is 0 Å². The number of nitrogens with one attached hydrogen (secondary N) is 2. The molecule has 0 fully saturated rings. The van der Waals surface area contributed by atoms with Crippen LogP contribution >= 0.6 is 0 Å². The van der Waals surface area contributed by atoms with Crippen molar-refractivity contribution in [3.8, 4) is 0 Å². The third kappa shape index (κ3) is 6.67. The highest BCUT2D eigenvalue weighted by molar-refractivity contribution is 5.86. The normalized spacial score (nSPS) is 13.6. The summed E-state index contributed by atoms with van der Waals surface area (Å²) in [5.74, 6) is 0.0635. The highest BCUT2D eigenvalue weighted by Gasteiger charge is 2.33. The molecule has 102 valence electrons. The standard InChI is InChI=1S/C14H30N2O/c1-9-15-14(7,8)11(17)16-13(5,6)10-12(2,3)4/h15H,9-10H2,1-8H3,(H,16,17). The molecule has 0 heterocycles. The zero-order chi connectivity index (χ0) is 13.9. The Morgan fingerprint density at radius 2 is 1.47 bits per heavy atom. The van der Waals surface area contributed by atoms with Gasteiger partial charge in [-0.1, -0.05) is 27.7 Å². The van der Waals surface area contributed by atoms with E-state index in [9.17, 15) is 4.79 Å². The van der Waals surface area contributed by atoms with E-state index in [1.807, 2.05) is 20.8 Å². The zero-order valence-corrected chi connectivity index (χ0v) is 12.8. The number of likely N-dealkylation sites (N-methyl/N-ethyl adjacent to an activating group) is 1. The van der Waals surface area contributed by atoms with Crippen molar-refractivity contribution in [1.82, 2.24) is 10.6 Å². The maximum atomic E-state index is 12.2. The highest BCUT2D eigenvalue weighted by Crippen LogP contribution is 2.27. The van der Waals surface area contributed by atoms with Crippen LogP contribution in [0.2, 0.25) is 0 Å². The molecule has 0 saturated heterocycles. The van der Waals surface area contributed by atoms with Crippen LogP contribution in [-0.2, 0) is 4.79 Å². The van der Waals surface area contributed by atoms with Crippen LogP contribution in [0.3, 0.4) is 0 Å². The van der Waals surface area contributed by atoms with Gasteiger partial charge in [-0.3, -0.25) is 4.79 Å². The van der Waals surface area contributed by atoms with Crippen molar-refractivity contribution in [2.45, 2.75) is 72.9 Å². The van der Waals surface area contributed by atoms with Crippen molar-refractivity contribution in [2.24, 2.45) is 5.41 Å². The molecule has 0 aliphatic heterocycles. The lowest BCUT2D eigenvalue weighted by Crippen LogP contribution is -2.58. The summed E-state index contributed by atoms with van der Waals surface area (Å²) >= 11 is 0. The molecule has 17 heavy (non-hydrogen) atoms. The lowest BCUT2D eigenvalue weighted by molar-refractivity contribution is -0.128. The number of carbonyl (C=O) groups excluding carboxylic acids is 1. The Bertz CT molecular complexity index is 262. The minimum Gasteiger partial charge on any atom is -0.350 e. The van der Waals surface area contributed by atoms with Crippen molar-refractivity contribution >= 4 is 5.91 Å². The van der Waals surface area contributed by atoms with Crippen LogP contribution < -0.4 is 10.6 Å². The Morgan fingerprint density at radius 1 is 1.00 bits per heavy atom. The number of hydrogen-bond acceptors (Lipinski definition) is 2. The van der Waals surface area contributed by atoms with Gasteiger partial charge in [-0.25, -0.2) is 0 Å². The summed E-state index contributed by atoms with van der Waals surface area (Å²) in [7, 11) is 0. The average molecular weight is 242 g/mol. The van der Waals surface area contributed by atoms with Gasteiger partial charge in [0.25, 0.3) is 0 Å². The summed E-state index contributed by atoms with van der Waals surface area (Å²) in [5, 5.41) is 6.33. The maximum absolute atomic E-state index is 12.2. The Labute approximate surface area is 107 Å². The van der Waals surface area contributed by atoms with Crippen LogP contribution in [0, 0.1) is 5.41 Å². The van der Waals surface area contributed by atoms with Gasteiger partial charge in [0.05, 0.1) is 5.54 Å². The molecule has 0 aliphatic rings. The van der Waals surface area contributed by atoms with Crippen LogP contribution in [-0.4, -0.2) is 23.5 Å². The third-order valence-electron chi connectivity index (χ3n) is 2.61. The summed E-state index contributed by atoms with van der Waals surface area (Å²) in [4.78, 5) is 12.2. The molecule has 2 N–H and O–H groups in total. The zero-order valence-electron chi connectivity index (χ0n) is 12.8. The van der Waals surface area contributed by atoms with Crippen LogP contribution in [0.1, 0.15) is 61.8 Å². The molecule has 0 rings (SSSR count). The van der Waals surface area contributed by atoms with E-state index < -0.39 is 5.54 Å². The van der Waals surface area contributed by atoms with E-state index in [4.69, 9.17) is 0 Å². The van der Waals surface area contributed by atoms with E-state index >= 15 is 0 Å². The Kier molecular flexibility index (Phi) is 5.20. The van der Waals surface area contributed by atoms with Gasteiger partial charge in [0.2, 0.25) is 5.91 Å². The molecular weight excluding hydrogens is 212 g/mol. The van der Waals surface area contributed by atoms with Crippen LogP contribution in [0.25, 0.3) is 0 Å². The third-order valence-corrected chi connectivity index (χ3v) is 2.61. The van der Waals surface area contributed by atoms with Gasteiger partial charge < -0.3 is 10.6 Å². The molecule has 0 atom stereocenters. The van der Waals surface area contributed by atoms with E-state index in [0.717, 1.165) is 13.0 Å². The molecule has 0 radical (unpaired) electrons. The topological polar surface area (TPSA) is 41.1 Å². The molecule has 0 saturated carbocycles. The summed E-state index contributed by atoms with van der Waals surface area (Å²) in [5.41, 5.74) is -0.481. The van der Waals surface area contributed by atoms with Crippen LogP contribution in [0.4, 0.5) is 0 Å². The van der Waals surface area contributed by atoms with Gasteiger partial charge in [-0.2, -0.15) is 0 Å². The first-order chi connectivity index (χ1) is 7.40. The quantitative estimate of drug-likeness (QED) is 0.778. The van der Waals surface area contributed by atoms with Gasteiger partial charge in [-0.15, -0.1) is 0 Å². The van der Waals surface area contributed by atoms with Crippen LogP contribution in [0.15, 0.2) is 0 Å². The Morgan fingerprint density at radius 3 is 1.82 bits per heavy atom. The van der Waals surface area contributed by atoms with Crippen LogP contribution in [0.5, 0.6) is 0 Å². The van der Waals surface area contributed by atoms with E-state index in [-0.39, 0.29) is 16.9 Å². The summed E-state index contributed by atoms with van der Waals surface area (Å²) in [6, 6.07) is 0. The van der Waals surface area contributed by atoms with Crippen molar-refractivity contribution in [1.29, 1.82) is 0 Å². The number of hydrogen-bond donors (Lipinski definition) is 2. The first-order valence-corrected chi connectivity index (χ1v) is 6.47. The fourth-order valence-corrected chi connectivity index (χ4v) is 2.36. The number of amides is 1. The fraction of sp³-hybridized carbons (Fsp3) is 0.929. The van der Waals surface area contributed by atoms with Gasteiger partial charge >= 0.3 is 0 Å². The van der Waals surface area contributed by atoms with Crippen molar-refractivity contribution < 1.29 is 4.79 Å². The lowest BCUT2D eigenvalue weighted by atomic mass is 9.81. The molecule has 0 aromatic rings. The number of carbonyl (C=O) groups is 1.